The average molecular weight is 263 g/mol. The van der Waals surface area contributed by atoms with Crippen LogP contribution in [-0.4, -0.2) is 23.5 Å². The van der Waals surface area contributed by atoms with Crippen molar-refractivity contribution in [1.29, 1.82) is 0 Å². The molecule has 0 saturated heterocycles. The zero-order chi connectivity index (χ0) is 13.2. The molecule has 3 heteroatoms. The van der Waals surface area contributed by atoms with Crippen LogP contribution < -0.4 is 4.72 Å². The molecule has 1 aromatic rings. The van der Waals surface area contributed by atoms with Gasteiger partial charge in [-0.2, -0.15) is 0 Å². The fourth-order valence-corrected chi connectivity index (χ4v) is 5.05. The molecule has 1 aromatic carbocycles. The first-order valence-electron chi connectivity index (χ1n) is 6.11. The summed E-state index contributed by atoms with van der Waals surface area (Å²) in [6.07, 6.45) is 2.16. The number of nitrogens with one attached hydrogen (secondary N) is 1. The Balaban J connectivity index is 2.28. The third-order valence-corrected chi connectivity index (χ3v) is 6.15. The van der Waals surface area contributed by atoms with E-state index in [-0.39, 0.29) is 0 Å². The summed E-state index contributed by atoms with van der Waals surface area (Å²) in [6, 6.07) is 10.4. The van der Waals surface area contributed by atoms with Crippen LogP contribution in [-0.2, 0) is 0 Å². The maximum atomic E-state index is 10.0. The van der Waals surface area contributed by atoms with E-state index in [9.17, 15) is 5.11 Å². The quantitative estimate of drug-likeness (QED) is 0.874. The summed E-state index contributed by atoms with van der Waals surface area (Å²) < 4.78 is 3.39. The van der Waals surface area contributed by atoms with E-state index in [1.807, 2.05) is 27.0 Å². The minimum atomic E-state index is -1.20. The molecule has 0 aromatic heterocycles. The maximum Gasteiger partial charge on any atom is 0.0684 e. The monoisotopic (exact) mass is 263 g/mol. The highest BCUT2D eigenvalue weighted by Gasteiger charge is 2.28. The van der Waals surface area contributed by atoms with E-state index in [1.54, 1.807) is 0 Å². The van der Waals surface area contributed by atoms with Gasteiger partial charge >= 0.3 is 0 Å². The van der Waals surface area contributed by atoms with Gasteiger partial charge in [0.05, 0.1) is 5.60 Å². The largest absolute Gasteiger partial charge is 0.390 e. The molecule has 1 aliphatic rings. The minimum Gasteiger partial charge on any atom is -0.390 e. The topological polar surface area (TPSA) is 32.3 Å². The fraction of sp³-hybridized carbons (Fsp3) is 0.333. The summed E-state index contributed by atoms with van der Waals surface area (Å²) in [4.78, 5) is 0. The van der Waals surface area contributed by atoms with Crippen LogP contribution >= 0.6 is 10.2 Å². The number of rotatable bonds is 4. The highest BCUT2D eigenvalue weighted by molar-refractivity contribution is 8.37. The third kappa shape index (κ3) is 3.05. The van der Waals surface area contributed by atoms with Crippen molar-refractivity contribution in [2.45, 2.75) is 19.4 Å². The molecular formula is C15H21NOS. The van der Waals surface area contributed by atoms with Crippen molar-refractivity contribution in [3.63, 3.8) is 0 Å². The lowest BCUT2D eigenvalue weighted by molar-refractivity contribution is 0.106. The molecule has 2 N–H and O–H groups in total. The number of allylic oxidation sites excluding steroid dienone is 2. The second-order valence-electron chi connectivity index (χ2n) is 5.25. The fourth-order valence-electron chi connectivity index (χ4n) is 2.17. The van der Waals surface area contributed by atoms with Crippen LogP contribution in [0.5, 0.6) is 0 Å². The molecule has 1 atom stereocenters. The number of benzene rings is 1. The van der Waals surface area contributed by atoms with Gasteiger partial charge in [-0.15, -0.1) is 10.2 Å². The lowest BCUT2D eigenvalue weighted by atomic mass is 10.1. The molecule has 0 spiro atoms. The van der Waals surface area contributed by atoms with E-state index in [1.165, 1.54) is 11.1 Å². The Morgan fingerprint density at radius 3 is 2.44 bits per heavy atom. The summed E-state index contributed by atoms with van der Waals surface area (Å²) in [5, 5.41) is 14.5. The molecular weight excluding hydrogens is 242 g/mol. The highest BCUT2D eigenvalue weighted by atomic mass is 32.3. The van der Waals surface area contributed by atoms with Crippen LogP contribution in [0.3, 0.4) is 0 Å². The number of hydrogen-bond donors (Lipinski definition) is 2. The normalized spacial score (nSPS) is 26.8. The Labute approximate surface area is 111 Å². The molecule has 0 aliphatic carbocycles. The maximum absolute atomic E-state index is 10.0. The van der Waals surface area contributed by atoms with E-state index >= 15 is 0 Å². The molecule has 0 saturated carbocycles. The molecule has 2 nitrogen and oxygen atoms in total. The highest BCUT2D eigenvalue weighted by Crippen LogP contribution is 2.54. The van der Waals surface area contributed by atoms with Gasteiger partial charge in [-0.25, -0.2) is 0 Å². The number of hydrogen-bond acceptors (Lipinski definition) is 2. The van der Waals surface area contributed by atoms with Crippen molar-refractivity contribution in [3.8, 4) is 0 Å². The molecule has 0 bridgehead atoms. The number of aliphatic hydroxyl groups is 1. The van der Waals surface area contributed by atoms with Crippen LogP contribution in [0.1, 0.15) is 19.4 Å². The van der Waals surface area contributed by atoms with E-state index in [0.29, 0.717) is 0 Å². The van der Waals surface area contributed by atoms with Gasteiger partial charge in [-0.1, -0.05) is 30.3 Å². The van der Waals surface area contributed by atoms with E-state index in [0.717, 1.165) is 5.75 Å². The van der Waals surface area contributed by atoms with Crippen LogP contribution in [0.15, 0.2) is 47.2 Å². The van der Waals surface area contributed by atoms with Gasteiger partial charge in [0.15, 0.2) is 0 Å². The van der Waals surface area contributed by atoms with Crippen LogP contribution in [0, 0.1) is 0 Å². The van der Waals surface area contributed by atoms with E-state index < -0.39 is 15.8 Å². The zero-order valence-corrected chi connectivity index (χ0v) is 12.0. The van der Waals surface area contributed by atoms with Gasteiger partial charge in [-0.05, 0) is 48.9 Å². The summed E-state index contributed by atoms with van der Waals surface area (Å²) in [5.74, 6) is 0.739. The lowest BCUT2D eigenvalue weighted by Gasteiger charge is -2.36. The lowest BCUT2D eigenvalue weighted by Crippen LogP contribution is -2.30. The Hall–Kier alpha value is -1.03. The van der Waals surface area contributed by atoms with Crippen molar-refractivity contribution >= 4 is 15.8 Å². The van der Waals surface area contributed by atoms with Crippen molar-refractivity contribution in [1.82, 2.24) is 4.72 Å². The van der Waals surface area contributed by atoms with Crippen LogP contribution in [0.2, 0.25) is 0 Å². The minimum absolute atomic E-state index is 0.661. The van der Waals surface area contributed by atoms with Crippen LogP contribution in [0.25, 0.3) is 5.57 Å². The van der Waals surface area contributed by atoms with Gasteiger partial charge in [0.2, 0.25) is 0 Å². The van der Waals surface area contributed by atoms with Gasteiger partial charge in [-0.3, -0.25) is 4.72 Å². The molecule has 18 heavy (non-hydrogen) atoms. The second-order valence-corrected chi connectivity index (χ2v) is 8.16. The SMILES string of the molecule is CNS1(CC(C)(C)O)C=CC(c2ccccc2)=C1. The van der Waals surface area contributed by atoms with Gasteiger partial charge in [0.1, 0.15) is 0 Å². The Kier molecular flexibility index (Phi) is 3.66. The molecule has 98 valence electrons. The summed E-state index contributed by atoms with van der Waals surface area (Å²) in [5.41, 5.74) is 1.81. The predicted octanol–water partition coefficient (Wildman–Crippen LogP) is 3.26. The summed E-state index contributed by atoms with van der Waals surface area (Å²) in [6.45, 7) is 3.72. The molecule has 1 heterocycles. The predicted molar refractivity (Wildman–Crippen MR) is 81.4 cm³/mol. The van der Waals surface area contributed by atoms with Crippen molar-refractivity contribution in [2.75, 3.05) is 12.8 Å². The van der Waals surface area contributed by atoms with Crippen molar-refractivity contribution in [2.24, 2.45) is 0 Å². The Bertz CT molecular complexity index is 473. The molecule has 2 rings (SSSR count). The van der Waals surface area contributed by atoms with Crippen LogP contribution in [0.4, 0.5) is 0 Å². The van der Waals surface area contributed by atoms with Gasteiger partial charge in [0, 0.05) is 5.75 Å². The standard InChI is InChI=1S/C15H21NOS/c1-15(2,17)12-18(16-3)10-9-14(11-18)13-7-5-4-6-8-13/h4-11,16-17H,12H2,1-3H3. The van der Waals surface area contributed by atoms with Gasteiger partial charge < -0.3 is 5.11 Å². The smallest absolute Gasteiger partial charge is 0.0684 e. The Morgan fingerprint density at radius 2 is 1.89 bits per heavy atom. The second kappa shape index (κ2) is 4.92. The molecule has 0 fully saturated rings. The summed E-state index contributed by atoms with van der Waals surface area (Å²) >= 11 is 0. The molecule has 1 aliphatic heterocycles. The van der Waals surface area contributed by atoms with Crippen molar-refractivity contribution < 1.29 is 5.11 Å². The first-order valence-corrected chi connectivity index (χ1v) is 8.04. The van der Waals surface area contributed by atoms with Gasteiger partial charge in [0.25, 0.3) is 0 Å². The van der Waals surface area contributed by atoms with E-state index in [2.05, 4.69) is 45.9 Å². The summed E-state index contributed by atoms with van der Waals surface area (Å²) in [7, 11) is 0.771. The molecule has 0 amide bonds. The Morgan fingerprint density at radius 1 is 1.22 bits per heavy atom. The first-order chi connectivity index (χ1) is 8.44. The average Bonchev–Trinajstić information content (AvgIpc) is 2.73. The molecule has 1 unspecified atom stereocenters. The van der Waals surface area contributed by atoms with E-state index in [4.69, 9.17) is 0 Å². The van der Waals surface area contributed by atoms with Crippen molar-refractivity contribution in [3.05, 3.63) is 52.8 Å². The first kappa shape index (κ1) is 13.4. The molecule has 0 radical (unpaired) electrons. The third-order valence-electron chi connectivity index (χ3n) is 2.91. The zero-order valence-electron chi connectivity index (χ0n) is 11.2.